The maximum absolute atomic E-state index is 14.0. The molecule has 1 amide bonds. The average molecular weight is 602 g/mol. The Morgan fingerprint density at radius 3 is 2.44 bits per heavy atom. The van der Waals surface area contributed by atoms with E-state index in [9.17, 15) is 9.18 Å². The summed E-state index contributed by atoms with van der Waals surface area (Å²) < 4.78 is 15.6. The number of halogens is 2. The summed E-state index contributed by atoms with van der Waals surface area (Å²) in [4.78, 5) is 19.9. The van der Waals surface area contributed by atoms with Crippen molar-refractivity contribution in [3.05, 3.63) is 92.2 Å². The molecule has 1 atom stereocenters. The first kappa shape index (κ1) is 34.3. The van der Waals surface area contributed by atoms with Gasteiger partial charge in [0, 0.05) is 23.2 Å². The number of amides is 1. The van der Waals surface area contributed by atoms with E-state index >= 15 is 0 Å². The van der Waals surface area contributed by atoms with Gasteiger partial charge in [-0.2, -0.15) is 4.73 Å². The fraction of sp³-hybridized carbons (Fsp3) is 0.424. The lowest BCUT2D eigenvalue weighted by Crippen LogP contribution is -2.22. The number of hydrogen-bond donors (Lipinski definition) is 2. The zero-order valence-corrected chi connectivity index (χ0v) is 26.9. The Balaban J connectivity index is 0.000000640. The molecule has 0 bridgehead atoms. The lowest BCUT2D eigenvalue weighted by Gasteiger charge is -2.20. The minimum Gasteiger partial charge on any atom is -0.406 e. The van der Waals surface area contributed by atoms with Crippen LogP contribution in [0.3, 0.4) is 0 Å². The third-order valence-corrected chi connectivity index (χ3v) is 8.01. The highest BCUT2D eigenvalue weighted by molar-refractivity contribution is 7.15. The van der Waals surface area contributed by atoms with E-state index in [2.05, 4.69) is 17.2 Å². The Morgan fingerprint density at radius 2 is 1.83 bits per heavy atom. The summed E-state index contributed by atoms with van der Waals surface area (Å²) in [5.74, 6) is -0.533. The lowest BCUT2D eigenvalue weighted by molar-refractivity contribution is 0.0466. The summed E-state index contributed by atoms with van der Waals surface area (Å²) in [6.07, 6.45) is 10.3. The van der Waals surface area contributed by atoms with Crippen LogP contribution in [0.5, 0.6) is 0 Å². The Kier molecular flexibility index (Phi) is 14.9. The van der Waals surface area contributed by atoms with Crippen LogP contribution < -0.4 is 15.5 Å². The monoisotopic (exact) mass is 601 g/mol. The zero-order chi connectivity index (χ0) is 30.4. The van der Waals surface area contributed by atoms with Gasteiger partial charge in [0.1, 0.15) is 11.9 Å². The molecule has 1 aliphatic heterocycles. The number of allylic oxidation sites excluding steroid dienone is 2. The summed E-state index contributed by atoms with van der Waals surface area (Å²) in [5.41, 5.74) is 4.12. The number of thiophene rings is 1. The van der Waals surface area contributed by atoms with Gasteiger partial charge in [0.2, 0.25) is 0 Å². The molecule has 0 saturated carbocycles. The maximum atomic E-state index is 14.0. The highest BCUT2D eigenvalue weighted by atomic mass is 35.5. The van der Waals surface area contributed by atoms with Crippen molar-refractivity contribution in [2.45, 2.75) is 73.3 Å². The van der Waals surface area contributed by atoms with Crippen LogP contribution in [-0.4, -0.2) is 30.3 Å². The van der Waals surface area contributed by atoms with E-state index in [0.29, 0.717) is 17.0 Å². The fourth-order valence-electron chi connectivity index (χ4n) is 4.22. The number of hydrogen-bond acceptors (Lipinski definition) is 4. The van der Waals surface area contributed by atoms with Gasteiger partial charge in [0.15, 0.2) is 0 Å². The fourth-order valence-corrected chi connectivity index (χ4v) is 5.46. The molecule has 3 aromatic rings. The topological polar surface area (TPSA) is 55.3 Å². The molecule has 4 rings (SSSR count). The Hall–Kier alpha value is -2.87. The molecule has 0 radical (unpaired) electrons. The second-order valence-corrected chi connectivity index (χ2v) is 11.1. The van der Waals surface area contributed by atoms with Gasteiger partial charge in [-0.15, -0.1) is 11.3 Å². The van der Waals surface area contributed by atoms with Crippen LogP contribution in [0.1, 0.15) is 96.4 Å². The summed E-state index contributed by atoms with van der Waals surface area (Å²) in [7, 11) is 0. The molecule has 5 nitrogen and oxygen atoms in total. The summed E-state index contributed by atoms with van der Waals surface area (Å²) in [6.45, 7) is 19.0. The van der Waals surface area contributed by atoms with E-state index in [1.54, 1.807) is 10.8 Å². The normalized spacial score (nSPS) is 13.5. The van der Waals surface area contributed by atoms with Crippen molar-refractivity contribution in [1.29, 1.82) is 0 Å². The van der Waals surface area contributed by atoms with Crippen molar-refractivity contribution in [2.24, 2.45) is 0 Å². The first-order valence-corrected chi connectivity index (χ1v) is 15.7. The quantitative estimate of drug-likeness (QED) is 0.241. The summed E-state index contributed by atoms with van der Waals surface area (Å²) in [5, 5.41) is 6.25. The van der Waals surface area contributed by atoms with Crippen molar-refractivity contribution in [3.8, 4) is 0 Å². The second-order valence-electron chi connectivity index (χ2n) is 9.64. The molecule has 2 aromatic heterocycles. The maximum Gasteiger partial charge on any atom is 0.261 e. The number of rotatable bonds is 9. The van der Waals surface area contributed by atoms with Crippen molar-refractivity contribution in [2.75, 3.05) is 19.6 Å². The minimum atomic E-state index is -0.466. The van der Waals surface area contributed by atoms with Gasteiger partial charge in [-0.25, -0.2) is 4.39 Å². The van der Waals surface area contributed by atoms with Gasteiger partial charge in [-0.3, -0.25) is 4.79 Å². The van der Waals surface area contributed by atoms with Crippen LogP contribution in [0.4, 0.5) is 4.39 Å². The average Bonchev–Trinajstić information content (AvgIpc) is 3.62. The highest BCUT2D eigenvalue weighted by Crippen LogP contribution is 2.30. The van der Waals surface area contributed by atoms with Crippen molar-refractivity contribution in [1.82, 2.24) is 15.4 Å². The smallest absolute Gasteiger partial charge is 0.261 e. The Bertz CT molecular complexity index is 1280. The van der Waals surface area contributed by atoms with Crippen molar-refractivity contribution < 1.29 is 14.0 Å². The van der Waals surface area contributed by atoms with Gasteiger partial charge < -0.3 is 15.5 Å². The summed E-state index contributed by atoms with van der Waals surface area (Å²) in [6, 6.07) is 8.71. The largest absolute Gasteiger partial charge is 0.406 e. The molecular formula is C33H45ClFN3O2S. The predicted molar refractivity (Wildman–Crippen MR) is 173 cm³/mol. The van der Waals surface area contributed by atoms with E-state index in [0.717, 1.165) is 33.7 Å². The van der Waals surface area contributed by atoms with Gasteiger partial charge >= 0.3 is 0 Å². The Labute approximate surface area is 254 Å². The van der Waals surface area contributed by atoms with E-state index in [1.807, 2.05) is 78.1 Å². The van der Waals surface area contributed by atoms with Gasteiger partial charge in [0.25, 0.3) is 5.91 Å². The lowest BCUT2D eigenvalue weighted by atomic mass is 10.0. The van der Waals surface area contributed by atoms with Crippen LogP contribution in [0.2, 0.25) is 5.02 Å². The number of benzene rings is 1. The molecule has 0 spiro atoms. The molecule has 2 N–H and O–H groups in total. The standard InChI is InChI=1S/C26H28ClFN2O2S.C5H11N.C2H6/c1-6-14-29-26(31)23-12-11-22(33-23)17(3)8-10-21-16(2)13-15-30(21)32-19(5)24-18(4)7-9-20(28)25(24)27;1-2-4-6-5-3-1;1-2/h7-13,15,19H,3,6,14H2,1-2,4-5H3,(H,29,31);6H,1-5H2;1-2H3/b10-8-;;. The Morgan fingerprint density at radius 1 is 1.15 bits per heavy atom. The van der Waals surface area contributed by atoms with Crippen LogP contribution in [0, 0.1) is 19.7 Å². The van der Waals surface area contributed by atoms with Crippen LogP contribution in [0.15, 0.2) is 49.2 Å². The zero-order valence-electron chi connectivity index (χ0n) is 25.3. The SMILES string of the molecule is C1CCNCC1.C=C(/C=C\c1c(C)ccn1OC(C)c1c(C)ccc(F)c1Cl)c1ccc(C(=O)NCCC)s1.CC. The molecule has 8 heteroatoms. The van der Waals surface area contributed by atoms with E-state index in [4.69, 9.17) is 16.4 Å². The molecule has 1 unspecified atom stereocenters. The molecule has 1 aliphatic rings. The number of piperidine rings is 1. The number of aromatic nitrogens is 1. The third kappa shape index (κ3) is 10.2. The van der Waals surface area contributed by atoms with Gasteiger partial charge in [0.05, 0.1) is 15.6 Å². The number of carbonyl (C=O) groups is 1. The van der Waals surface area contributed by atoms with Gasteiger partial charge in [-0.1, -0.05) is 57.5 Å². The number of nitrogens with zero attached hydrogens (tertiary/aromatic N) is 1. The first-order chi connectivity index (χ1) is 19.7. The molecule has 3 heterocycles. The highest BCUT2D eigenvalue weighted by Gasteiger charge is 2.19. The molecule has 1 saturated heterocycles. The van der Waals surface area contributed by atoms with E-state index in [-0.39, 0.29) is 10.9 Å². The van der Waals surface area contributed by atoms with Gasteiger partial charge in [-0.05, 0) is 100 Å². The third-order valence-electron chi connectivity index (χ3n) is 6.46. The molecule has 41 heavy (non-hydrogen) atoms. The molecule has 1 aromatic carbocycles. The van der Waals surface area contributed by atoms with Crippen LogP contribution in [-0.2, 0) is 0 Å². The van der Waals surface area contributed by atoms with Crippen LogP contribution in [0.25, 0.3) is 11.6 Å². The van der Waals surface area contributed by atoms with Crippen molar-refractivity contribution >= 4 is 40.5 Å². The molecule has 0 aliphatic carbocycles. The van der Waals surface area contributed by atoms with Crippen LogP contribution >= 0.6 is 22.9 Å². The van der Waals surface area contributed by atoms with E-state index < -0.39 is 11.9 Å². The molecule has 224 valence electrons. The number of aryl methyl sites for hydroxylation is 2. The number of carbonyl (C=O) groups excluding carboxylic acids is 1. The molecular weight excluding hydrogens is 557 g/mol. The number of nitrogens with one attached hydrogen (secondary N) is 2. The van der Waals surface area contributed by atoms with E-state index in [1.165, 1.54) is 49.8 Å². The second kappa shape index (κ2) is 17.8. The first-order valence-electron chi connectivity index (χ1n) is 14.5. The summed E-state index contributed by atoms with van der Waals surface area (Å²) >= 11 is 7.62. The predicted octanol–water partition coefficient (Wildman–Crippen LogP) is 8.80. The van der Waals surface area contributed by atoms with Crippen molar-refractivity contribution in [3.63, 3.8) is 0 Å². The molecule has 1 fully saturated rings. The minimum absolute atomic E-state index is 0.0664.